The quantitative estimate of drug-likeness (QED) is 0.353. The van der Waals surface area contributed by atoms with Crippen LogP contribution in [0.1, 0.15) is 71.7 Å². The predicted molar refractivity (Wildman–Crippen MR) is 153 cm³/mol. The molecule has 0 radical (unpaired) electrons. The summed E-state index contributed by atoms with van der Waals surface area (Å²) in [4.78, 5) is 23.2. The molecule has 0 atom stereocenters. The van der Waals surface area contributed by atoms with Gasteiger partial charge in [0, 0.05) is 30.3 Å². The molecule has 1 saturated heterocycles. The van der Waals surface area contributed by atoms with Gasteiger partial charge in [0.2, 0.25) is 5.95 Å². The van der Waals surface area contributed by atoms with Gasteiger partial charge in [-0.3, -0.25) is 4.79 Å². The molecule has 2 N–H and O–H groups in total. The summed E-state index contributed by atoms with van der Waals surface area (Å²) in [5.41, 5.74) is 4.15. The topological polar surface area (TPSA) is 78.4 Å². The second kappa shape index (κ2) is 11.5. The molecule has 2 aromatic carbocycles. The van der Waals surface area contributed by atoms with Crippen LogP contribution in [-0.4, -0.2) is 52.0 Å². The molecule has 3 aromatic rings. The lowest BCUT2D eigenvalue weighted by atomic mass is 9.81. The highest BCUT2D eigenvalue weighted by Gasteiger charge is 2.40. The van der Waals surface area contributed by atoms with E-state index in [0.717, 1.165) is 60.1 Å². The van der Waals surface area contributed by atoms with E-state index >= 15 is 0 Å². The number of ketones is 1. The molecule has 1 aromatic heterocycles. The van der Waals surface area contributed by atoms with Crippen molar-refractivity contribution < 1.29 is 23.1 Å². The number of Topliss-reactive ketones (excluding diaryl/α,β-unsaturated/α-hetero) is 1. The Bertz CT molecular complexity index is 1430. The number of nitrogens with one attached hydrogen (secondary N) is 1. The molecular formula is C32H37F3N4O2. The molecule has 0 unspecified atom stereocenters. The summed E-state index contributed by atoms with van der Waals surface area (Å²) in [5, 5.41) is 12.3. The highest BCUT2D eigenvalue weighted by atomic mass is 19.4. The molecule has 1 aliphatic heterocycles. The van der Waals surface area contributed by atoms with Gasteiger partial charge < -0.3 is 15.3 Å². The lowest BCUT2D eigenvalue weighted by Crippen LogP contribution is -2.34. The SMILES string of the molecule is Cc1cc(C2CCN(CCO)CC2)ccc1Nc1ncc(C(F)(F)F)c(CCc2cccc3c2C(C)(C)C(=O)C3)n1. The summed E-state index contributed by atoms with van der Waals surface area (Å²) in [6.07, 6.45) is -0.916. The van der Waals surface area contributed by atoms with E-state index in [1.54, 1.807) is 0 Å². The number of fused-ring (bicyclic) bond motifs is 1. The summed E-state index contributed by atoms with van der Waals surface area (Å²) in [6.45, 7) is 8.51. The van der Waals surface area contributed by atoms with Crippen molar-refractivity contribution in [3.8, 4) is 0 Å². The number of nitrogens with zero attached hydrogens (tertiary/aromatic N) is 3. The minimum absolute atomic E-state index is 0.0691. The first kappa shape index (κ1) is 29.2. The molecule has 5 rings (SSSR count). The number of hydrogen-bond acceptors (Lipinski definition) is 6. The molecular weight excluding hydrogens is 529 g/mol. The van der Waals surface area contributed by atoms with E-state index in [2.05, 4.69) is 32.3 Å². The Morgan fingerprint density at radius 1 is 1.12 bits per heavy atom. The summed E-state index contributed by atoms with van der Waals surface area (Å²) in [6, 6.07) is 11.8. The van der Waals surface area contributed by atoms with Crippen LogP contribution in [0.25, 0.3) is 0 Å². The van der Waals surface area contributed by atoms with Gasteiger partial charge in [0.1, 0.15) is 5.78 Å². The first-order chi connectivity index (χ1) is 19.5. The zero-order valence-corrected chi connectivity index (χ0v) is 23.8. The number of benzene rings is 2. The van der Waals surface area contributed by atoms with Crippen LogP contribution in [0.3, 0.4) is 0 Å². The number of halogens is 3. The Hall–Kier alpha value is -3.30. The average Bonchev–Trinajstić information content (AvgIpc) is 3.17. The molecule has 0 amide bonds. The number of hydrogen-bond donors (Lipinski definition) is 2. The van der Waals surface area contributed by atoms with Crippen LogP contribution in [0.2, 0.25) is 0 Å². The fourth-order valence-electron chi connectivity index (χ4n) is 6.34. The second-order valence-corrected chi connectivity index (χ2v) is 11.8. The number of β-amino-alcohol motifs (C(OH)–C–C–N with tert-alkyl or cyclic N) is 1. The summed E-state index contributed by atoms with van der Waals surface area (Å²) >= 11 is 0. The van der Waals surface area contributed by atoms with E-state index in [9.17, 15) is 23.1 Å². The summed E-state index contributed by atoms with van der Waals surface area (Å²) in [5.74, 6) is 0.680. The van der Waals surface area contributed by atoms with Gasteiger partial charge in [0.05, 0.1) is 17.9 Å². The van der Waals surface area contributed by atoms with Crippen LogP contribution in [0, 0.1) is 6.92 Å². The average molecular weight is 567 g/mol. The van der Waals surface area contributed by atoms with Crippen LogP contribution in [0.4, 0.5) is 24.8 Å². The van der Waals surface area contributed by atoms with E-state index < -0.39 is 17.2 Å². The Labute approximate surface area is 239 Å². The fourth-order valence-corrected chi connectivity index (χ4v) is 6.34. The van der Waals surface area contributed by atoms with Gasteiger partial charge in [-0.15, -0.1) is 0 Å². The fraction of sp³-hybridized carbons (Fsp3) is 0.469. The van der Waals surface area contributed by atoms with Crippen LogP contribution < -0.4 is 5.32 Å². The lowest BCUT2D eigenvalue weighted by molar-refractivity contribution is -0.138. The third-order valence-corrected chi connectivity index (χ3v) is 8.69. The van der Waals surface area contributed by atoms with E-state index in [4.69, 9.17) is 0 Å². The molecule has 0 saturated carbocycles. The first-order valence-corrected chi connectivity index (χ1v) is 14.3. The number of likely N-dealkylation sites (tertiary alicyclic amines) is 1. The van der Waals surface area contributed by atoms with Crippen LogP contribution >= 0.6 is 0 Å². The highest BCUT2D eigenvalue weighted by Crippen LogP contribution is 2.39. The van der Waals surface area contributed by atoms with E-state index in [1.807, 2.05) is 45.0 Å². The normalized spacial score (nSPS) is 17.6. The second-order valence-electron chi connectivity index (χ2n) is 11.8. The van der Waals surface area contributed by atoms with Crippen molar-refractivity contribution in [2.45, 2.75) is 70.4 Å². The van der Waals surface area contributed by atoms with E-state index in [-0.39, 0.29) is 30.5 Å². The number of rotatable bonds is 8. The zero-order chi connectivity index (χ0) is 29.4. The monoisotopic (exact) mass is 566 g/mol. The maximum absolute atomic E-state index is 13.9. The Kier molecular flexibility index (Phi) is 8.21. The molecule has 0 spiro atoms. The van der Waals surface area contributed by atoms with Crippen LogP contribution in [0.5, 0.6) is 0 Å². The minimum Gasteiger partial charge on any atom is -0.395 e. The molecule has 2 heterocycles. The van der Waals surface area contributed by atoms with Crippen molar-refractivity contribution in [1.29, 1.82) is 0 Å². The molecule has 0 bridgehead atoms. The molecule has 41 heavy (non-hydrogen) atoms. The third kappa shape index (κ3) is 6.16. The zero-order valence-electron chi connectivity index (χ0n) is 23.8. The highest BCUT2D eigenvalue weighted by molar-refractivity contribution is 5.96. The predicted octanol–water partition coefficient (Wildman–Crippen LogP) is 5.91. The van der Waals surface area contributed by atoms with Gasteiger partial charge in [-0.05, 0) is 99.3 Å². The van der Waals surface area contributed by atoms with Crippen molar-refractivity contribution in [1.82, 2.24) is 14.9 Å². The minimum atomic E-state index is -4.58. The Morgan fingerprint density at radius 2 is 1.88 bits per heavy atom. The third-order valence-electron chi connectivity index (χ3n) is 8.69. The van der Waals surface area contributed by atoms with Crippen LogP contribution in [-0.2, 0) is 35.6 Å². The number of piperidine rings is 1. The largest absolute Gasteiger partial charge is 0.419 e. The number of aromatic nitrogens is 2. The van der Waals surface area contributed by atoms with Gasteiger partial charge in [0.15, 0.2) is 0 Å². The number of aliphatic hydroxyl groups excluding tert-OH is 1. The Balaban J connectivity index is 1.34. The number of carbonyl (C=O) groups excluding carboxylic acids is 1. The van der Waals surface area contributed by atoms with Crippen molar-refractivity contribution in [2.75, 3.05) is 31.6 Å². The van der Waals surface area contributed by atoms with Crippen molar-refractivity contribution >= 4 is 17.4 Å². The summed E-state index contributed by atoms with van der Waals surface area (Å²) < 4.78 is 41.8. The Morgan fingerprint density at radius 3 is 2.56 bits per heavy atom. The molecule has 6 nitrogen and oxygen atoms in total. The smallest absolute Gasteiger partial charge is 0.395 e. The van der Waals surface area contributed by atoms with Gasteiger partial charge >= 0.3 is 6.18 Å². The standard InChI is InChI=1S/C32H37F3N4O2/c1-20-17-23(21-11-13-39(14-12-21)15-16-40)8-9-26(20)37-30-36-19-25(32(33,34)35)27(38-30)10-7-22-5-4-6-24-18-28(41)31(2,3)29(22)24/h4-6,8-9,17,19,21,40H,7,10-16,18H2,1-3H3,(H,36,37,38). The van der Waals surface area contributed by atoms with Crippen LogP contribution in [0.15, 0.2) is 42.6 Å². The molecule has 1 fully saturated rings. The van der Waals surface area contributed by atoms with Crippen molar-refractivity contribution in [3.63, 3.8) is 0 Å². The molecule has 218 valence electrons. The summed E-state index contributed by atoms with van der Waals surface area (Å²) in [7, 11) is 0. The number of aliphatic hydroxyl groups is 1. The maximum Gasteiger partial charge on any atom is 0.419 e. The number of anilines is 2. The van der Waals surface area contributed by atoms with Crippen molar-refractivity contribution in [2.24, 2.45) is 0 Å². The number of carbonyl (C=O) groups is 1. The molecule has 1 aliphatic carbocycles. The first-order valence-electron chi connectivity index (χ1n) is 14.3. The van der Waals surface area contributed by atoms with Gasteiger partial charge in [0.25, 0.3) is 0 Å². The lowest BCUT2D eigenvalue weighted by Gasteiger charge is -2.32. The number of aryl methyl sites for hydroxylation is 3. The maximum atomic E-state index is 13.9. The molecule has 2 aliphatic rings. The van der Waals surface area contributed by atoms with Gasteiger partial charge in [-0.1, -0.05) is 30.3 Å². The van der Waals surface area contributed by atoms with Gasteiger partial charge in [-0.2, -0.15) is 13.2 Å². The number of alkyl halides is 3. The van der Waals surface area contributed by atoms with Crippen molar-refractivity contribution in [3.05, 3.63) is 81.7 Å². The van der Waals surface area contributed by atoms with E-state index in [1.165, 1.54) is 5.56 Å². The van der Waals surface area contributed by atoms with E-state index in [0.29, 0.717) is 25.3 Å². The van der Waals surface area contributed by atoms with Gasteiger partial charge in [-0.25, -0.2) is 9.97 Å². The molecule has 9 heteroatoms.